The summed E-state index contributed by atoms with van der Waals surface area (Å²) in [5.74, 6) is 0.730. The van der Waals surface area contributed by atoms with Gasteiger partial charge in [-0.15, -0.1) is 0 Å². The van der Waals surface area contributed by atoms with Gasteiger partial charge in [-0.1, -0.05) is 32.8 Å². The standard InChI is InChI=1S/C25H37N3O2/c1-3-5-8-19-17-20-9-6-14-27-25(20)23(18-19)30-22-12-15-28(16-13-22)21(7-4-2)10-11-24(26)29/h6,9,14,17-18,21-22H,3-5,7-8,10-13,15-16H2,1-2H3,(H2,26,29). The molecule has 2 heterocycles. The van der Waals surface area contributed by atoms with E-state index in [1.165, 1.54) is 18.4 Å². The minimum Gasteiger partial charge on any atom is -0.488 e. The Morgan fingerprint density at radius 3 is 2.73 bits per heavy atom. The van der Waals surface area contributed by atoms with E-state index in [2.05, 4.69) is 41.9 Å². The van der Waals surface area contributed by atoms with Crippen molar-refractivity contribution in [2.75, 3.05) is 13.1 Å². The molecule has 30 heavy (non-hydrogen) atoms. The van der Waals surface area contributed by atoms with E-state index in [0.29, 0.717) is 12.5 Å². The largest absolute Gasteiger partial charge is 0.488 e. The van der Waals surface area contributed by atoms with Gasteiger partial charge in [0.05, 0.1) is 0 Å². The van der Waals surface area contributed by atoms with Crippen LogP contribution in [0.15, 0.2) is 30.5 Å². The molecule has 2 N–H and O–H groups in total. The number of carbonyl (C=O) groups excluding carboxylic acids is 1. The highest BCUT2D eigenvalue weighted by Crippen LogP contribution is 2.30. The lowest BCUT2D eigenvalue weighted by molar-refractivity contribution is -0.118. The molecule has 1 aromatic heterocycles. The lowest BCUT2D eigenvalue weighted by atomic mass is 9.99. The Bertz CT molecular complexity index is 815. The van der Waals surface area contributed by atoms with Crippen molar-refractivity contribution in [2.24, 2.45) is 5.73 Å². The van der Waals surface area contributed by atoms with Crippen LogP contribution >= 0.6 is 0 Å². The van der Waals surface area contributed by atoms with Crippen molar-refractivity contribution in [3.63, 3.8) is 0 Å². The normalized spacial score (nSPS) is 16.6. The average molecular weight is 412 g/mol. The molecule has 1 atom stereocenters. The third-order valence-corrected chi connectivity index (χ3v) is 6.18. The molecule has 1 aliphatic heterocycles. The third-order valence-electron chi connectivity index (χ3n) is 6.18. The highest BCUT2D eigenvalue weighted by molar-refractivity contribution is 5.85. The number of rotatable bonds is 11. The summed E-state index contributed by atoms with van der Waals surface area (Å²) in [4.78, 5) is 18.3. The lowest BCUT2D eigenvalue weighted by Crippen LogP contribution is -2.44. The Morgan fingerprint density at radius 2 is 2.03 bits per heavy atom. The van der Waals surface area contributed by atoms with Crippen LogP contribution in [0.5, 0.6) is 5.75 Å². The number of ether oxygens (including phenoxy) is 1. The summed E-state index contributed by atoms with van der Waals surface area (Å²) in [7, 11) is 0. The van der Waals surface area contributed by atoms with Crippen LogP contribution in [-0.2, 0) is 11.2 Å². The number of aromatic nitrogens is 1. The molecule has 0 bridgehead atoms. The number of hydrogen-bond donors (Lipinski definition) is 1. The number of amides is 1. The Balaban J connectivity index is 1.65. The monoisotopic (exact) mass is 411 g/mol. The Hall–Kier alpha value is -2.14. The lowest BCUT2D eigenvalue weighted by Gasteiger charge is -2.37. The molecule has 1 aliphatic rings. The molecule has 0 spiro atoms. The van der Waals surface area contributed by atoms with Crippen LogP contribution in [-0.4, -0.2) is 41.0 Å². The van der Waals surface area contributed by atoms with Gasteiger partial charge in [-0.2, -0.15) is 0 Å². The second-order valence-electron chi connectivity index (χ2n) is 8.57. The van der Waals surface area contributed by atoms with Gasteiger partial charge in [-0.3, -0.25) is 9.78 Å². The van der Waals surface area contributed by atoms with Gasteiger partial charge in [0.25, 0.3) is 0 Å². The topological polar surface area (TPSA) is 68.5 Å². The number of likely N-dealkylation sites (tertiary alicyclic amines) is 1. The second kappa shape index (κ2) is 11.3. The number of carbonyl (C=O) groups is 1. The molecule has 3 rings (SSSR count). The number of hydrogen-bond acceptors (Lipinski definition) is 4. The number of fused-ring (bicyclic) bond motifs is 1. The molecule has 1 unspecified atom stereocenters. The molecule has 0 aliphatic carbocycles. The predicted octanol–water partition coefficient (Wildman–Crippen LogP) is 4.85. The molecular formula is C25H37N3O2. The number of nitrogens with two attached hydrogens (primary N) is 1. The van der Waals surface area contributed by atoms with E-state index in [9.17, 15) is 4.79 Å². The molecule has 1 amide bonds. The third kappa shape index (κ3) is 6.18. The summed E-state index contributed by atoms with van der Waals surface area (Å²) in [6.07, 6.45) is 11.1. The number of primary amides is 1. The van der Waals surface area contributed by atoms with E-state index in [-0.39, 0.29) is 12.0 Å². The maximum Gasteiger partial charge on any atom is 0.217 e. The molecule has 164 valence electrons. The number of unbranched alkanes of at least 4 members (excludes halogenated alkanes) is 1. The summed E-state index contributed by atoms with van der Waals surface area (Å²) in [5.41, 5.74) is 7.68. The van der Waals surface area contributed by atoms with Crippen molar-refractivity contribution in [3.8, 4) is 5.75 Å². The first-order valence-corrected chi connectivity index (χ1v) is 11.7. The van der Waals surface area contributed by atoms with Crippen molar-refractivity contribution in [1.29, 1.82) is 0 Å². The molecule has 0 radical (unpaired) electrons. The van der Waals surface area contributed by atoms with Crippen molar-refractivity contribution in [3.05, 3.63) is 36.0 Å². The van der Waals surface area contributed by atoms with Crippen LogP contribution in [0, 0.1) is 0 Å². The molecule has 1 aromatic carbocycles. The molecule has 5 heteroatoms. The number of aryl methyl sites for hydroxylation is 1. The maximum atomic E-state index is 11.2. The smallest absolute Gasteiger partial charge is 0.217 e. The number of benzene rings is 1. The summed E-state index contributed by atoms with van der Waals surface area (Å²) in [5, 5.41) is 1.16. The van der Waals surface area contributed by atoms with Gasteiger partial charge < -0.3 is 15.4 Å². The van der Waals surface area contributed by atoms with Gasteiger partial charge in [0.2, 0.25) is 5.91 Å². The van der Waals surface area contributed by atoms with Crippen LogP contribution in [0.4, 0.5) is 0 Å². The average Bonchev–Trinajstić information content (AvgIpc) is 2.75. The molecule has 1 fully saturated rings. The summed E-state index contributed by atoms with van der Waals surface area (Å²) < 4.78 is 6.51. The number of pyridine rings is 1. The van der Waals surface area contributed by atoms with Gasteiger partial charge in [0, 0.05) is 37.1 Å². The SMILES string of the molecule is CCCCc1cc(OC2CCN(C(CCC)CCC(N)=O)CC2)c2ncccc2c1. The van der Waals surface area contributed by atoms with Crippen molar-refractivity contribution in [2.45, 2.75) is 83.8 Å². The fraction of sp³-hybridized carbons (Fsp3) is 0.600. The van der Waals surface area contributed by atoms with Crippen LogP contribution < -0.4 is 10.5 Å². The predicted molar refractivity (Wildman–Crippen MR) is 123 cm³/mol. The fourth-order valence-electron chi connectivity index (χ4n) is 4.52. The van der Waals surface area contributed by atoms with E-state index < -0.39 is 0 Å². The number of piperidine rings is 1. The zero-order valence-electron chi connectivity index (χ0n) is 18.6. The van der Waals surface area contributed by atoms with E-state index in [4.69, 9.17) is 10.5 Å². The van der Waals surface area contributed by atoms with Gasteiger partial charge >= 0.3 is 0 Å². The maximum absolute atomic E-state index is 11.2. The Labute approximate surface area is 181 Å². The number of nitrogens with zero attached hydrogens (tertiary/aromatic N) is 2. The molecule has 0 saturated carbocycles. The van der Waals surface area contributed by atoms with Gasteiger partial charge in [-0.05, 0) is 62.3 Å². The minimum atomic E-state index is -0.198. The zero-order valence-corrected chi connectivity index (χ0v) is 18.6. The van der Waals surface area contributed by atoms with Crippen LogP contribution in [0.2, 0.25) is 0 Å². The Morgan fingerprint density at radius 1 is 1.23 bits per heavy atom. The van der Waals surface area contributed by atoms with E-state index in [0.717, 1.165) is 68.3 Å². The van der Waals surface area contributed by atoms with E-state index in [1.807, 2.05) is 12.3 Å². The molecular weight excluding hydrogens is 374 g/mol. The van der Waals surface area contributed by atoms with Crippen molar-refractivity contribution in [1.82, 2.24) is 9.88 Å². The summed E-state index contributed by atoms with van der Waals surface area (Å²) in [6, 6.07) is 9.02. The van der Waals surface area contributed by atoms with E-state index >= 15 is 0 Å². The molecule has 5 nitrogen and oxygen atoms in total. The van der Waals surface area contributed by atoms with Crippen molar-refractivity contribution >= 4 is 16.8 Å². The highest BCUT2D eigenvalue weighted by atomic mass is 16.5. The quantitative estimate of drug-likeness (QED) is 0.574. The first kappa shape index (κ1) is 22.5. The minimum absolute atomic E-state index is 0.198. The summed E-state index contributed by atoms with van der Waals surface area (Å²) in [6.45, 7) is 6.45. The van der Waals surface area contributed by atoms with Crippen LogP contribution in [0.3, 0.4) is 0 Å². The fourth-order valence-corrected chi connectivity index (χ4v) is 4.52. The summed E-state index contributed by atoms with van der Waals surface area (Å²) >= 11 is 0. The van der Waals surface area contributed by atoms with Crippen LogP contribution in [0.1, 0.15) is 70.8 Å². The second-order valence-corrected chi connectivity index (χ2v) is 8.57. The van der Waals surface area contributed by atoms with E-state index in [1.54, 1.807) is 0 Å². The molecule has 2 aromatic rings. The van der Waals surface area contributed by atoms with Crippen LogP contribution in [0.25, 0.3) is 10.9 Å². The molecule has 1 saturated heterocycles. The first-order valence-electron chi connectivity index (χ1n) is 11.7. The Kier molecular flexibility index (Phi) is 8.50. The van der Waals surface area contributed by atoms with Crippen molar-refractivity contribution < 1.29 is 9.53 Å². The zero-order chi connectivity index (χ0) is 21.3. The first-order chi connectivity index (χ1) is 14.6. The highest BCUT2D eigenvalue weighted by Gasteiger charge is 2.26. The van der Waals surface area contributed by atoms with Gasteiger partial charge in [0.15, 0.2) is 0 Å². The van der Waals surface area contributed by atoms with Gasteiger partial charge in [-0.25, -0.2) is 0 Å². The van der Waals surface area contributed by atoms with Gasteiger partial charge in [0.1, 0.15) is 17.4 Å².